The average Bonchev–Trinajstić information content (AvgIpc) is 2.88. The van der Waals surface area contributed by atoms with E-state index in [0.717, 1.165) is 28.8 Å². The number of benzene rings is 4. The van der Waals surface area contributed by atoms with Crippen LogP contribution < -0.4 is 10.0 Å². The highest BCUT2D eigenvalue weighted by atomic mass is 32.2. The molecule has 2 N–H and O–H groups in total. The van der Waals surface area contributed by atoms with E-state index in [-0.39, 0.29) is 11.3 Å². The molecule has 0 fully saturated rings. The molecule has 0 aromatic heterocycles. The summed E-state index contributed by atoms with van der Waals surface area (Å²) < 4.78 is 42.0. The van der Waals surface area contributed by atoms with Gasteiger partial charge in [0.1, 0.15) is 11.9 Å². The van der Waals surface area contributed by atoms with Gasteiger partial charge in [-0.05, 0) is 47.4 Å². The molecule has 0 aliphatic rings. The van der Waals surface area contributed by atoms with Crippen LogP contribution in [0, 0.1) is 5.82 Å². The summed E-state index contributed by atoms with van der Waals surface area (Å²) in [4.78, 5) is 13.5. The van der Waals surface area contributed by atoms with Crippen molar-refractivity contribution in [3.8, 4) is 0 Å². The number of sulfonamides is 1. The van der Waals surface area contributed by atoms with Crippen molar-refractivity contribution in [1.29, 1.82) is 0 Å². The summed E-state index contributed by atoms with van der Waals surface area (Å²) in [6.45, 7) is 0. The number of hydrogen-bond donors (Lipinski definition) is 2. The van der Waals surface area contributed by atoms with Crippen LogP contribution in [0.5, 0.6) is 0 Å². The van der Waals surface area contributed by atoms with Crippen molar-refractivity contribution in [3.63, 3.8) is 0 Å². The van der Waals surface area contributed by atoms with E-state index >= 15 is 0 Å². The zero-order chi connectivity index (χ0) is 24.7. The molecule has 7 heteroatoms. The number of hydrogen-bond acceptors (Lipinski definition) is 3. The van der Waals surface area contributed by atoms with E-state index in [4.69, 9.17) is 0 Å². The van der Waals surface area contributed by atoms with Gasteiger partial charge >= 0.3 is 0 Å². The second kappa shape index (κ2) is 11.1. The first kappa shape index (κ1) is 24.3. The molecule has 0 spiro atoms. The summed E-state index contributed by atoms with van der Waals surface area (Å²) in [6, 6.07) is 31.1. The molecule has 178 valence electrons. The Labute approximate surface area is 204 Å². The van der Waals surface area contributed by atoms with Gasteiger partial charge in [0.2, 0.25) is 15.9 Å². The van der Waals surface area contributed by atoms with Gasteiger partial charge in [0, 0.05) is 0 Å². The lowest BCUT2D eigenvalue weighted by Gasteiger charge is -2.24. The Bertz CT molecular complexity index is 1310. The average molecular weight is 489 g/mol. The van der Waals surface area contributed by atoms with Crippen LogP contribution in [0.25, 0.3) is 0 Å². The number of carbonyl (C=O) groups excluding carboxylic acids is 1. The minimum absolute atomic E-state index is 0.118. The summed E-state index contributed by atoms with van der Waals surface area (Å²) in [6.07, 6.45) is 0.142. The molecule has 1 atom stereocenters. The predicted octanol–water partition coefficient (Wildman–Crippen LogP) is 4.62. The molecule has 0 heterocycles. The fourth-order valence-corrected chi connectivity index (χ4v) is 5.00. The maximum absolute atomic E-state index is 13.6. The highest BCUT2D eigenvalue weighted by molar-refractivity contribution is 7.89. The van der Waals surface area contributed by atoms with E-state index in [1.54, 1.807) is 0 Å². The molecule has 0 unspecified atom stereocenters. The summed E-state index contributed by atoms with van der Waals surface area (Å²) in [5.41, 5.74) is 2.53. The molecular formula is C28H25FN2O3S. The summed E-state index contributed by atoms with van der Waals surface area (Å²) in [5.74, 6) is -1.02. The summed E-state index contributed by atoms with van der Waals surface area (Å²) >= 11 is 0. The van der Waals surface area contributed by atoms with Crippen LogP contribution in [0.3, 0.4) is 0 Å². The fourth-order valence-electron chi connectivity index (χ4n) is 3.80. The van der Waals surface area contributed by atoms with Crippen molar-refractivity contribution in [2.75, 3.05) is 0 Å². The molecule has 0 saturated carbocycles. The molecule has 0 aliphatic heterocycles. The van der Waals surface area contributed by atoms with Crippen molar-refractivity contribution in [3.05, 3.63) is 138 Å². The maximum atomic E-state index is 13.6. The largest absolute Gasteiger partial charge is 0.344 e. The first-order valence-electron chi connectivity index (χ1n) is 11.1. The second-order valence-electron chi connectivity index (χ2n) is 8.08. The van der Waals surface area contributed by atoms with Gasteiger partial charge in [-0.3, -0.25) is 4.79 Å². The van der Waals surface area contributed by atoms with Gasteiger partial charge in [0.05, 0.1) is 10.9 Å². The van der Waals surface area contributed by atoms with Gasteiger partial charge < -0.3 is 5.32 Å². The normalized spacial score (nSPS) is 12.3. The smallest absolute Gasteiger partial charge is 0.241 e. The van der Waals surface area contributed by atoms with Gasteiger partial charge in [-0.25, -0.2) is 12.8 Å². The van der Waals surface area contributed by atoms with Crippen molar-refractivity contribution >= 4 is 15.9 Å². The number of carbonyl (C=O) groups is 1. The topological polar surface area (TPSA) is 75.3 Å². The fraction of sp³-hybridized carbons (Fsp3) is 0.107. The first-order valence-corrected chi connectivity index (χ1v) is 12.6. The van der Waals surface area contributed by atoms with Crippen molar-refractivity contribution in [2.24, 2.45) is 0 Å². The van der Waals surface area contributed by atoms with Gasteiger partial charge in [-0.2, -0.15) is 4.72 Å². The monoisotopic (exact) mass is 488 g/mol. The number of rotatable bonds is 9. The lowest BCUT2D eigenvalue weighted by Crippen LogP contribution is -2.49. The van der Waals surface area contributed by atoms with Crippen molar-refractivity contribution in [1.82, 2.24) is 10.0 Å². The Kier molecular flexibility index (Phi) is 7.70. The Morgan fingerprint density at radius 3 is 1.71 bits per heavy atom. The van der Waals surface area contributed by atoms with Crippen LogP contribution in [0.15, 0.2) is 120 Å². The maximum Gasteiger partial charge on any atom is 0.241 e. The van der Waals surface area contributed by atoms with E-state index in [1.807, 2.05) is 91.0 Å². The minimum atomic E-state index is -4.08. The molecule has 5 nitrogen and oxygen atoms in total. The first-order chi connectivity index (χ1) is 16.9. The minimum Gasteiger partial charge on any atom is -0.344 e. The van der Waals surface area contributed by atoms with Gasteiger partial charge in [-0.1, -0.05) is 91.0 Å². The third-order valence-electron chi connectivity index (χ3n) is 5.57. The lowest BCUT2D eigenvalue weighted by molar-refractivity contribution is -0.123. The molecule has 0 aliphatic carbocycles. The predicted molar refractivity (Wildman–Crippen MR) is 134 cm³/mol. The molecule has 4 rings (SSSR count). The number of amides is 1. The number of halogens is 1. The highest BCUT2D eigenvalue weighted by Crippen LogP contribution is 2.22. The quantitative estimate of drug-likeness (QED) is 0.361. The Balaban J connectivity index is 1.65. The third kappa shape index (κ3) is 6.41. The van der Waals surface area contributed by atoms with E-state index < -0.39 is 33.8 Å². The lowest BCUT2D eigenvalue weighted by atomic mass is 9.97. The summed E-state index contributed by atoms with van der Waals surface area (Å²) in [7, 11) is -4.08. The highest BCUT2D eigenvalue weighted by Gasteiger charge is 2.28. The van der Waals surface area contributed by atoms with Gasteiger partial charge in [0.25, 0.3) is 0 Å². The van der Waals surface area contributed by atoms with Crippen LogP contribution in [-0.4, -0.2) is 20.4 Å². The van der Waals surface area contributed by atoms with E-state index in [1.165, 1.54) is 12.1 Å². The molecular weight excluding hydrogens is 463 g/mol. The van der Waals surface area contributed by atoms with Crippen LogP contribution in [-0.2, 0) is 21.2 Å². The molecule has 0 bridgehead atoms. The molecule has 0 radical (unpaired) electrons. The molecule has 35 heavy (non-hydrogen) atoms. The molecule has 1 amide bonds. The Morgan fingerprint density at radius 1 is 0.714 bits per heavy atom. The van der Waals surface area contributed by atoms with Crippen LogP contribution in [0.2, 0.25) is 0 Å². The van der Waals surface area contributed by atoms with Gasteiger partial charge in [-0.15, -0.1) is 0 Å². The van der Waals surface area contributed by atoms with E-state index in [0.29, 0.717) is 0 Å². The third-order valence-corrected chi connectivity index (χ3v) is 7.06. The standard InChI is InChI=1S/C28H25FN2O3S/c29-24-16-18-25(19-17-24)35(33,34)31-26(20-21-10-4-1-5-11-21)28(32)30-27(22-12-6-2-7-13-22)23-14-8-3-9-15-23/h1-19,26-27,31H,20H2,(H,30,32)/t26-/m0/s1. The zero-order valence-corrected chi connectivity index (χ0v) is 19.7. The van der Waals surface area contributed by atoms with Crippen LogP contribution >= 0.6 is 0 Å². The zero-order valence-electron chi connectivity index (χ0n) is 18.8. The van der Waals surface area contributed by atoms with Gasteiger partial charge in [0.15, 0.2) is 0 Å². The Hall–Kier alpha value is -3.81. The second-order valence-corrected chi connectivity index (χ2v) is 9.79. The van der Waals surface area contributed by atoms with E-state index in [9.17, 15) is 17.6 Å². The van der Waals surface area contributed by atoms with E-state index in [2.05, 4.69) is 10.0 Å². The van der Waals surface area contributed by atoms with Crippen molar-refractivity contribution in [2.45, 2.75) is 23.4 Å². The number of nitrogens with one attached hydrogen (secondary N) is 2. The molecule has 4 aromatic rings. The summed E-state index contributed by atoms with van der Waals surface area (Å²) in [5, 5.41) is 3.03. The van der Waals surface area contributed by atoms with Crippen LogP contribution in [0.1, 0.15) is 22.7 Å². The van der Waals surface area contributed by atoms with Crippen LogP contribution in [0.4, 0.5) is 4.39 Å². The van der Waals surface area contributed by atoms with Crippen molar-refractivity contribution < 1.29 is 17.6 Å². The Morgan fingerprint density at radius 2 is 1.20 bits per heavy atom. The SMILES string of the molecule is O=C(NC(c1ccccc1)c1ccccc1)[C@H](Cc1ccccc1)NS(=O)(=O)c1ccc(F)cc1. The molecule has 0 saturated heterocycles. The molecule has 4 aromatic carbocycles.